The molecule has 1 aliphatic carbocycles. The van der Waals surface area contributed by atoms with Crippen LogP contribution in [0.3, 0.4) is 0 Å². The lowest BCUT2D eigenvalue weighted by molar-refractivity contribution is 0.0948. The molecule has 6 heteroatoms. The maximum Gasteiger partial charge on any atom is 0.282 e. The van der Waals surface area contributed by atoms with Crippen molar-refractivity contribution >= 4 is 22.4 Å². The van der Waals surface area contributed by atoms with Gasteiger partial charge in [-0.15, -0.1) is 10.2 Å². The number of amides is 1. The lowest BCUT2D eigenvalue weighted by Gasteiger charge is -2.26. The van der Waals surface area contributed by atoms with Crippen LogP contribution in [0.25, 0.3) is 0 Å². The molecule has 0 bridgehead atoms. The van der Waals surface area contributed by atoms with Gasteiger partial charge in [-0.05, 0) is 31.6 Å². The summed E-state index contributed by atoms with van der Waals surface area (Å²) in [5.41, 5.74) is 0. The molecular formula is C14H24N4OS. The first-order valence-electron chi connectivity index (χ1n) is 7.54. The van der Waals surface area contributed by atoms with Gasteiger partial charge in [-0.1, -0.05) is 37.5 Å². The Morgan fingerprint density at radius 2 is 2.25 bits per heavy atom. The zero-order valence-electron chi connectivity index (χ0n) is 12.3. The Bertz CT molecular complexity index is 435. The number of nitrogens with zero attached hydrogens (tertiary/aromatic N) is 2. The maximum absolute atomic E-state index is 11.9. The molecule has 0 radical (unpaired) electrons. The standard InChI is InChI=1S/C14H24N4OS/c1-3-15-14-18-17-13(20-14)12(19)16-8-7-11-6-4-5-10(2)9-11/h10-11H,3-9H2,1-2H3,(H,15,18)(H,16,19). The number of hydrogen-bond donors (Lipinski definition) is 2. The van der Waals surface area contributed by atoms with Crippen molar-refractivity contribution in [1.29, 1.82) is 0 Å². The second-order valence-electron chi connectivity index (χ2n) is 5.63. The van der Waals surface area contributed by atoms with Crippen molar-refractivity contribution in [2.75, 3.05) is 18.4 Å². The third kappa shape index (κ3) is 4.44. The lowest BCUT2D eigenvalue weighted by atomic mass is 9.81. The number of aromatic nitrogens is 2. The van der Waals surface area contributed by atoms with Gasteiger partial charge in [-0.2, -0.15) is 0 Å². The fourth-order valence-electron chi connectivity index (χ4n) is 2.82. The lowest BCUT2D eigenvalue weighted by Crippen LogP contribution is -2.27. The predicted molar refractivity (Wildman–Crippen MR) is 82.1 cm³/mol. The first kappa shape index (κ1) is 15.2. The molecule has 0 saturated heterocycles. The van der Waals surface area contributed by atoms with Crippen LogP contribution in [-0.2, 0) is 0 Å². The number of carbonyl (C=O) groups excluding carboxylic acids is 1. The minimum absolute atomic E-state index is 0.101. The van der Waals surface area contributed by atoms with Crippen LogP contribution in [-0.4, -0.2) is 29.2 Å². The SMILES string of the molecule is CCNc1nnc(C(=O)NCCC2CCCC(C)C2)s1. The van der Waals surface area contributed by atoms with Crippen LogP contribution in [0.15, 0.2) is 0 Å². The monoisotopic (exact) mass is 296 g/mol. The summed E-state index contributed by atoms with van der Waals surface area (Å²) >= 11 is 1.31. The molecule has 1 saturated carbocycles. The highest BCUT2D eigenvalue weighted by Gasteiger charge is 2.19. The van der Waals surface area contributed by atoms with Crippen molar-refractivity contribution in [3.63, 3.8) is 0 Å². The average Bonchev–Trinajstić information content (AvgIpc) is 2.88. The van der Waals surface area contributed by atoms with Crippen molar-refractivity contribution < 1.29 is 4.79 Å². The third-order valence-electron chi connectivity index (χ3n) is 3.83. The Labute approximate surface area is 124 Å². The van der Waals surface area contributed by atoms with E-state index in [0.717, 1.165) is 31.3 Å². The van der Waals surface area contributed by atoms with Gasteiger partial charge in [-0.3, -0.25) is 4.79 Å². The Morgan fingerprint density at radius 1 is 1.40 bits per heavy atom. The number of anilines is 1. The maximum atomic E-state index is 11.9. The molecule has 1 aliphatic rings. The Morgan fingerprint density at radius 3 is 3.00 bits per heavy atom. The Kier molecular flexibility index (Phi) is 5.76. The molecule has 2 unspecified atom stereocenters. The van der Waals surface area contributed by atoms with E-state index in [-0.39, 0.29) is 5.91 Å². The van der Waals surface area contributed by atoms with Crippen LogP contribution in [0.1, 0.15) is 55.8 Å². The summed E-state index contributed by atoms with van der Waals surface area (Å²) in [5.74, 6) is 1.51. The number of hydrogen-bond acceptors (Lipinski definition) is 5. The van der Waals surface area contributed by atoms with Crippen LogP contribution in [0.5, 0.6) is 0 Å². The number of nitrogens with one attached hydrogen (secondary N) is 2. The van der Waals surface area contributed by atoms with E-state index in [2.05, 4.69) is 27.8 Å². The van der Waals surface area contributed by atoms with Gasteiger partial charge in [0, 0.05) is 13.1 Å². The van der Waals surface area contributed by atoms with E-state index in [1.807, 2.05) is 6.92 Å². The predicted octanol–water partition coefficient (Wildman–Crippen LogP) is 2.92. The van der Waals surface area contributed by atoms with Gasteiger partial charge in [0.25, 0.3) is 5.91 Å². The smallest absolute Gasteiger partial charge is 0.282 e. The molecule has 112 valence electrons. The van der Waals surface area contributed by atoms with Gasteiger partial charge in [0.2, 0.25) is 10.1 Å². The molecule has 2 atom stereocenters. The molecule has 0 spiro atoms. The number of carbonyl (C=O) groups is 1. The van der Waals surface area contributed by atoms with Crippen molar-refractivity contribution in [3.05, 3.63) is 5.01 Å². The van der Waals surface area contributed by atoms with Gasteiger partial charge in [0.05, 0.1) is 0 Å². The van der Waals surface area contributed by atoms with E-state index in [4.69, 9.17) is 0 Å². The molecule has 0 aliphatic heterocycles. The molecule has 1 fully saturated rings. The quantitative estimate of drug-likeness (QED) is 0.847. The van der Waals surface area contributed by atoms with E-state index in [0.29, 0.717) is 10.1 Å². The largest absolute Gasteiger partial charge is 0.360 e. The molecule has 2 rings (SSSR count). The Hall–Kier alpha value is -1.17. The topological polar surface area (TPSA) is 66.9 Å². The molecule has 2 N–H and O–H groups in total. The Balaban J connectivity index is 1.71. The van der Waals surface area contributed by atoms with Crippen molar-refractivity contribution in [2.24, 2.45) is 11.8 Å². The third-order valence-corrected chi connectivity index (χ3v) is 4.71. The number of rotatable bonds is 6. The summed E-state index contributed by atoms with van der Waals surface area (Å²) in [5, 5.41) is 15.0. The van der Waals surface area contributed by atoms with Crippen molar-refractivity contribution in [2.45, 2.75) is 46.0 Å². The first-order valence-corrected chi connectivity index (χ1v) is 8.36. The van der Waals surface area contributed by atoms with Gasteiger partial charge in [0.15, 0.2) is 0 Å². The molecular weight excluding hydrogens is 272 g/mol. The zero-order chi connectivity index (χ0) is 14.4. The van der Waals surface area contributed by atoms with Crippen LogP contribution >= 0.6 is 11.3 Å². The van der Waals surface area contributed by atoms with E-state index in [9.17, 15) is 4.79 Å². The summed E-state index contributed by atoms with van der Waals surface area (Å²) < 4.78 is 0. The van der Waals surface area contributed by atoms with Gasteiger partial charge < -0.3 is 10.6 Å². The van der Waals surface area contributed by atoms with E-state index in [1.165, 1.54) is 37.0 Å². The van der Waals surface area contributed by atoms with Crippen LogP contribution < -0.4 is 10.6 Å². The van der Waals surface area contributed by atoms with E-state index in [1.54, 1.807) is 0 Å². The molecule has 1 heterocycles. The highest BCUT2D eigenvalue weighted by molar-refractivity contribution is 7.17. The van der Waals surface area contributed by atoms with Crippen LogP contribution in [0.2, 0.25) is 0 Å². The van der Waals surface area contributed by atoms with E-state index < -0.39 is 0 Å². The second-order valence-corrected chi connectivity index (χ2v) is 6.60. The fourth-order valence-corrected chi connectivity index (χ4v) is 3.55. The van der Waals surface area contributed by atoms with Crippen LogP contribution in [0.4, 0.5) is 5.13 Å². The van der Waals surface area contributed by atoms with E-state index >= 15 is 0 Å². The molecule has 1 amide bonds. The summed E-state index contributed by atoms with van der Waals surface area (Å²) in [6.45, 7) is 5.85. The molecule has 20 heavy (non-hydrogen) atoms. The van der Waals surface area contributed by atoms with Gasteiger partial charge >= 0.3 is 0 Å². The minimum atomic E-state index is -0.101. The molecule has 1 aromatic rings. The summed E-state index contributed by atoms with van der Waals surface area (Å²) in [6.07, 6.45) is 6.39. The summed E-state index contributed by atoms with van der Waals surface area (Å²) in [6, 6.07) is 0. The van der Waals surface area contributed by atoms with Crippen molar-refractivity contribution in [3.8, 4) is 0 Å². The fraction of sp³-hybridized carbons (Fsp3) is 0.786. The summed E-state index contributed by atoms with van der Waals surface area (Å²) in [7, 11) is 0. The van der Waals surface area contributed by atoms with Gasteiger partial charge in [-0.25, -0.2) is 0 Å². The van der Waals surface area contributed by atoms with Crippen molar-refractivity contribution in [1.82, 2.24) is 15.5 Å². The highest BCUT2D eigenvalue weighted by Crippen LogP contribution is 2.30. The summed E-state index contributed by atoms with van der Waals surface area (Å²) in [4.78, 5) is 11.9. The molecule has 5 nitrogen and oxygen atoms in total. The molecule has 1 aromatic heterocycles. The average molecular weight is 296 g/mol. The highest BCUT2D eigenvalue weighted by atomic mass is 32.1. The molecule has 0 aromatic carbocycles. The first-order chi connectivity index (χ1) is 9.69. The van der Waals surface area contributed by atoms with Gasteiger partial charge in [0.1, 0.15) is 0 Å². The van der Waals surface area contributed by atoms with Crippen LogP contribution in [0, 0.1) is 11.8 Å². The second kappa shape index (κ2) is 7.57. The minimum Gasteiger partial charge on any atom is -0.360 e. The zero-order valence-corrected chi connectivity index (χ0v) is 13.1. The normalized spacial score (nSPS) is 22.5.